The second-order valence-electron chi connectivity index (χ2n) is 4.40. The van der Waals surface area contributed by atoms with Crippen LogP contribution < -0.4 is 11.3 Å². The first-order valence-electron chi connectivity index (χ1n) is 6.04. The van der Waals surface area contributed by atoms with Crippen LogP contribution in [-0.2, 0) is 6.42 Å². The van der Waals surface area contributed by atoms with Crippen LogP contribution in [0.5, 0.6) is 0 Å². The zero-order valence-corrected chi connectivity index (χ0v) is 10.7. The van der Waals surface area contributed by atoms with Crippen molar-refractivity contribution in [3.05, 3.63) is 35.0 Å². The van der Waals surface area contributed by atoms with E-state index in [2.05, 4.69) is 30.5 Å². The first-order chi connectivity index (χ1) is 8.19. The molecule has 17 heavy (non-hydrogen) atoms. The van der Waals surface area contributed by atoms with Gasteiger partial charge in [-0.1, -0.05) is 31.5 Å². The number of benzene rings is 1. The van der Waals surface area contributed by atoms with Crippen molar-refractivity contribution in [2.45, 2.75) is 33.6 Å². The molecule has 0 radical (unpaired) electrons. The fraction of sp³-hybridized carbons (Fsp3) is 0.357. The molecule has 0 bridgehead atoms. The van der Waals surface area contributed by atoms with E-state index in [0.717, 1.165) is 40.7 Å². The maximum Gasteiger partial charge on any atom is 0.0758 e. The Hall–Kier alpha value is -1.61. The topological polar surface area (TPSA) is 50.9 Å². The van der Waals surface area contributed by atoms with E-state index in [-0.39, 0.29) is 0 Å². The van der Waals surface area contributed by atoms with Crippen LogP contribution in [0, 0.1) is 13.8 Å². The van der Waals surface area contributed by atoms with E-state index < -0.39 is 0 Å². The van der Waals surface area contributed by atoms with Crippen LogP contribution in [0.3, 0.4) is 0 Å². The Morgan fingerprint density at radius 2 is 2.06 bits per heavy atom. The second kappa shape index (κ2) is 4.72. The zero-order valence-electron chi connectivity index (χ0n) is 10.7. The fourth-order valence-corrected chi connectivity index (χ4v) is 2.22. The van der Waals surface area contributed by atoms with Gasteiger partial charge in [0.1, 0.15) is 0 Å². The van der Waals surface area contributed by atoms with Crippen molar-refractivity contribution in [2.24, 2.45) is 5.84 Å². The Labute approximate surface area is 102 Å². The maximum absolute atomic E-state index is 5.63. The van der Waals surface area contributed by atoms with E-state index in [1.807, 2.05) is 13.8 Å². The van der Waals surface area contributed by atoms with Crippen LogP contribution in [-0.4, -0.2) is 4.98 Å². The average molecular weight is 229 g/mol. The highest BCUT2D eigenvalue weighted by Crippen LogP contribution is 2.29. The van der Waals surface area contributed by atoms with Gasteiger partial charge in [0.15, 0.2) is 0 Å². The predicted molar refractivity (Wildman–Crippen MR) is 73.0 cm³/mol. The van der Waals surface area contributed by atoms with Crippen molar-refractivity contribution >= 4 is 16.6 Å². The lowest BCUT2D eigenvalue weighted by molar-refractivity contribution is 0.925. The third kappa shape index (κ3) is 1.98. The minimum atomic E-state index is 0.991. The standard InChI is InChI=1S/C14H19N3/c1-4-6-11-7-5-8-12-13(17-15)9(2)10(3)16-14(11)12/h5,7-8H,4,6,15H2,1-3H3,(H,16,17). The van der Waals surface area contributed by atoms with Crippen molar-refractivity contribution in [1.29, 1.82) is 0 Å². The summed E-state index contributed by atoms with van der Waals surface area (Å²) >= 11 is 0. The molecule has 0 unspecified atom stereocenters. The first-order valence-corrected chi connectivity index (χ1v) is 6.04. The summed E-state index contributed by atoms with van der Waals surface area (Å²) < 4.78 is 0. The first kappa shape index (κ1) is 11.9. The highest BCUT2D eigenvalue weighted by Gasteiger charge is 2.10. The van der Waals surface area contributed by atoms with Crippen LogP contribution in [0.2, 0.25) is 0 Å². The molecule has 0 spiro atoms. The Kier molecular flexibility index (Phi) is 3.29. The van der Waals surface area contributed by atoms with Crippen LogP contribution >= 0.6 is 0 Å². The Morgan fingerprint density at radius 1 is 1.29 bits per heavy atom. The third-order valence-corrected chi connectivity index (χ3v) is 3.25. The number of hydrogen-bond acceptors (Lipinski definition) is 3. The minimum absolute atomic E-state index is 0.991. The SMILES string of the molecule is CCCc1cccc2c(NN)c(C)c(C)nc12. The van der Waals surface area contributed by atoms with E-state index >= 15 is 0 Å². The van der Waals surface area contributed by atoms with Gasteiger partial charge in [0.05, 0.1) is 11.2 Å². The number of rotatable bonds is 3. The lowest BCUT2D eigenvalue weighted by Gasteiger charge is -2.13. The number of nitrogens with one attached hydrogen (secondary N) is 1. The number of aromatic nitrogens is 1. The summed E-state index contributed by atoms with van der Waals surface area (Å²) in [6.45, 7) is 6.25. The van der Waals surface area contributed by atoms with Crippen molar-refractivity contribution in [1.82, 2.24) is 4.98 Å². The number of fused-ring (bicyclic) bond motifs is 1. The van der Waals surface area contributed by atoms with Gasteiger partial charge in [0.25, 0.3) is 0 Å². The van der Waals surface area contributed by atoms with E-state index in [1.54, 1.807) is 0 Å². The molecule has 0 fully saturated rings. The van der Waals surface area contributed by atoms with Gasteiger partial charge in [0.2, 0.25) is 0 Å². The van der Waals surface area contributed by atoms with Crippen LogP contribution in [0.1, 0.15) is 30.2 Å². The van der Waals surface area contributed by atoms with Gasteiger partial charge < -0.3 is 5.43 Å². The largest absolute Gasteiger partial charge is 0.323 e. The molecule has 1 aromatic heterocycles. The second-order valence-corrected chi connectivity index (χ2v) is 4.40. The van der Waals surface area contributed by atoms with Gasteiger partial charge in [0, 0.05) is 11.1 Å². The van der Waals surface area contributed by atoms with Gasteiger partial charge >= 0.3 is 0 Å². The average Bonchev–Trinajstić information content (AvgIpc) is 2.32. The van der Waals surface area contributed by atoms with Crippen LogP contribution in [0.15, 0.2) is 18.2 Å². The normalized spacial score (nSPS) is 10.8. The number of hydrazine groups is 1. The molecule has 3 nitrogen and oxygen atoms in total. The van der Waals surface area contributed by atoms with Gasteiger partial charge in [-0.25, -0.2) is 0 Å². The summed E-state index contributed by atoms with van der Waals surface area (Å²) in [6, 6.07) is 6.29. The fourth-order valence-electron chi connectivity index (χ4n) is 2.22. The third-order valence-electron chi connectivity index (χ3n) is 3.25. The molecular formula is C14H19N3. The molecule has 3 N–H and O–H groups in total. The molecule has 0 saturated carbocycles. The molecule has 1 heterocycles. The molecule has 2 aromatic rings. The molecule has 0 aliphatic heterocycles. The molecule has 0 amide bonds. The number of pyridine rings is 1. The van der Waals surface area contributed by atoms with Crippen LogP contribution in [0.4, 0.5) is 5.69 Å². The van der Waals surface area contributed by atoms with E-state index in [4.69, 9.17) is 10.8 Å². The van der Waals surface area contributed by atoms with Crippen molar-refractivity contribution in [3.63, 3.8) is 0 Å². The Balaban J connectivity index is 2.79. The Bertz CT molecular complexity index is 547. The summed E-state index contributed by atoms with van der Waals surface area (Å²) in [7, 11) is 0. The summed E-state index contributed by atoms with van der Waals surface area (Å²) in [4.78, 5) is 4.71. The van der Waals surface area contributed by atoms with E-state index in [0.29, 0.717) is 0 Å². The van der Waals surface area contributed by atoms with Crippen LogP contribution in [0.25, 0.3) is 10.9 Å². The number of nitrogens with zero attached hydrogens (tertiary/aromatic N) is 1. The molecule has 0 saturated heterocycles. The summed E-state index contributed by atoms with van der Waals surface area (Å²) in [5.74, 6) is 5.63. The maximum atomic E-state index is 5.63. The molecular weight excluding hydrogens is 210 g/mol. The van der Waals surface area contributed by atoms with Crippen molar-refractivity contribution < 1.29 is 0 Å². The summed E-state index contributed by atoms with van der Waals surface area (Å²) in [6.07, 6.45) is 2.18. The highest BCUT2D eigenvalue weighted by atomic mass is 15.2. The van der Waals surface area contributed by atoms with Gasteiger partial charge in [-0.3, -0.25) is 10.8 Å². The summed E-state index contributed by atoms with van der Waals surface area (Å²) in [5.41, 5.74) is 8.33. The predicted octanol–water partition coefficient (Wildman–Crippen LogP) is 3.09. The van der Waals surface area contributed by atoms with Gasteiger partial charge in [-0.15, -0.1) is 0 Å². The molecule has 0 aliphatic rings. The molecule has 1 aromatic carbocycles. The minimum Gasteiger partial charge on any atom is -0.323 e. The number of nitrogens with two attached hydrogens (primary N) is 1. The smallest absolute Gasteiger partial charge is 0.0758 e. The van der Waals surface area contributed by atoms with Crippen molar-refractivity contribution in [2.75, 3.05) is 5.43 Å². The molecule has 3 heteroatoms. The molecule has 90 valence electrons. The lowest BCUT2D eigenvalue weighted by atomic mass is 10.0. The number of anilines is 1. The van der Waals surface area contributed by atoms with E-state index in [9.17, 15) is 0 Å². The Morgan fingerprint density at radius 3 is 2.71 bits per heavy atom. The number of nitrogen functional groups attached to an aromatic ring is 1. The van der Waals surface area contributed by atoms with E-state index in [1.165, 1.54) is 5.56 Å². The quantitative estimate of drug-likeness (QED) is 0.628. The molecule has 0 aliphatic carbocycles. The number of para-hydroxylation sites is 1. The number of aryl methyl sites for hydroxylation is 2. The highest BCUT2D eigenvalue weighted by molar-refractivity contribution is 5.94. The monoisotopic (exact) mass is 229 g/mol. The van der Waals surface area contributed by atoms with Gasteiger partial charge in [-0.05, 0) is 31.4 Å². The molecule has 0 atom stereocenters. The lowest BCUT2D eigenvalue weighted by Crippen LogP contribution is -2.10. The number of hydrogen-bond donors (Lipinski definition) is 2. The molecule has 2 rings (SSSR count). The van der Waals surface area contributed by atoms with Gasteiger partial charge in [-0.2, -0.15) is 0 Å². The zero-order chi connectivity index (χ0) is 12.4. The summed E-state index contributed by atoms with van der Waals surface area (Å²) in [5, 5.41) is 1.11. The van der Waals surface area contributed by atoms with Crippen molar-refractivity contribution in [3.8, 4) is 0 Å².